The fourth-order valence-electron chi connectivity index (χ4n) is 1.88. The lowest BCUT2D eigenvalue weighted by Crippen LogP contribution is -2.00. The van der Waals surface area contributed by atoms with E-state index >= 15 is 0 Å². The second kappa shape index (κ2) is 6.53. The van der Waals surface area contributed by atoms with E-state index in [9.17, 15) is 0 Å². The highest BCUT2D eigenvalue weighted by Gasteiger charge is 2.00. The summed E-state index contributed by atoms with van der Waals surface area (Å²) >= 11 is 1.82. The van der Waals surface area contributed by atoms with Crippen LogP contribution in [-0.2, 0) is 0 Å². The fourth-order valence-corrected chi connectivity index (χ4v) is 2.71. The molecular formula is C16H19NOS. The molecule has 2 aromatic rings. The number of nitrogens with two attached hydrogens (primary N) is 1. The summed E-state index contributed by atoms with van der Waals surface area (Å²) in [4.78, 5) is 1.32. The Morgan fingerprint density at radius 3 is 2.68 bits per heavy atom. The summed E-state index contributed by atoms with van der Waals surface area (Å²) in [6.45, 7) is 4.94. The summed E-state index contributed by atoms with van der Waals surface area (Å²) in [5.74, 6) is 1.76. The highest BCUT2D eigenvalue weighted by molar-refractivity contribution is 7.99. The lowest BCUT2D eigenvalue weighted by Gasteiger charge is -2.08. The van der Waals surface area contributed by atoms with Crippen LogP contribution in [-0.4, -0.2) is 12.4 Å². The number of anilines is 1. The van der Waals surface area contributed by atoms with Crippen molar-refractivity contribution in [3.8, 4) is 5.75 Å². The molecule has 0 aromatic heterocycles. The number of nitrogen functional groups attached to an aromatic ring is 1. The van der Waals surface area contributed by atoms with Gasteiger partial charge < -0.3 is 10.5 Å². The predicted molar refractivity (Wildman–Crippen MR) is 83.0 cm³/mol. The summed E-state index contributed by atoms with van der Waals surface area (Å²) in [5, 5.41) is 0. The van der Waals surface area contributed by atoms with E-state index in [-0.39, 0.29) is 0 Å². The molecule has 19 heavy (non-hydrogen) atoms. The van der Waals surface area contributed by atoms with E-state index in [2.05, 4.69) is 32.0 Å². The average molecular weight is 273 g/mol. The van der Waals surface area contributed by atoms with Crippen LogP contribution in [0.4, 0.5) is 5.69 Å². The Kier molecular flexibility index (Phi) is 4.74. The molecule has 2 nitrogen and oxygen atoms in total. The normalized spacial score (nSPS) is 10.4. The first-order valence-electron chi connectivity index (χ1n) is 6.33. The summed E-state index contributed by atoms with van der Waals surface area (Å²) in [5.41, 5.74) is 9.07. The minimum Gasteiger partial charge on any atom is -0.493 e. The van der Waals surface area contributed by atoms with Crippen molar-refractivity contribution in [2.24, 2.45) is 0 Å². The molecule has 2 N–H and O–H groups in total. The van der Waals surface area contributed by atoms with Crippen molar-refractivity contribution in [3.05, 3.63) is 53.6 Å². The maximum Gasteiger partial charge on any atom is 0.121 e. The maximum atomic E-state index is 5.70. The van der Waals surface area contributed by atoms with Gasteiger partial charge in [0.05, 0.1) is 6.61 Å². The number of hydrogen-bond acceptors (Lipinski definition) is 3. The van der Waals surface area contributed by atoms with Gasteiger partial charge in [0.15, 0.2) is 0 Å². The van der Waals surface area contributed by atoms with Gasteiger partial charge in [-0.15, -0.1) is 11.8 Å². The average Bonchev–Trinajstić information content (AvgIpc) is 2.37. The number of thioether (sulfide) groups is 1. The van der Waals surface area contributed by atoms with Crippen LogP contribution >= 0.6 is 11.8 Å². The molecule has 0 unspecified atom stereocenters. The van der Waals surface area contributed by atoms with E-state index in [0.717, 1.165) is 17.2 Å². The Hall–Kier alpha value is -1.61. The third kappa shape index (κ3) is 4.21. The quantitative estimate of drug-likeness (QED) is 0.507. The third-order valence-corrected chi connectivity index (χ3v) is 3.94. The Morgan fingerprint density at radius 2 is 1.95 bits per heavy atom. The van der Waals surface area contributed by atoms with E-state index in [1.165, 1.54) is 16.0 Å². The van der Waals surface area contributed by atoms with Crippen molar-refractivity contribution in [3.63, 3.8) is 0 Å². The van der Waals surface area contributed by atoms with Gasteiger partial charge in [0, 0.05) is 22.4 Å². The second-order valence-electron chi connectivity index (χ2n) is 4.54. The fraction of sp³-hybridized carbons (Fsp3) is 0.250. The molecule has 100 valence electrons. The van der Waals surface area contributed by atoms with Gasteiger partial charge in [0.25, 0.3) is 0 Å². The van der Waals surface area contributed by atoms with Gasteiger partial charge in [-0.1, -0.05) is 23.8 Å². The Bertz CT molecular complexity index is 554. The third-order valence-electron chi connectivity index (χ3n) is 2.80. The van der Waals surface area contributed by atoms with Crippen LogP contribution in [0.3, 0.4) is 0 Å². The van der Waals surface area contributed by atoms with Crippen molar-refractivity contribution in [1.82, 2.24) is 0 Å². The molecule has 0 aliphatic carbocycles. The molecule has 0 saturated heterocycles. The van der Waals surface area contributed by atoms with E-state index in [0.29, 0.717) is 6.61 Å². The first-order chi connectivity index (χ1) is 9.15. The van der Waals surface area contributed by atoms with Crippen LogP contribution in [0, 0.1) is 13.8 Å². The van der Waals surface area contributed by atoms with Crippen molar-refractivity contribution in [2.45, 2.75) is 18.7 Å². The first kappa shape index (κ1) is 13.8. The Morgan fingerprint density at radius 1 is 1.11 bits per heavy atom. The van der Waals surface area contributed by atoms with E-state index in [4.69, 9.17) is 10.5 Å². The van der Waals surface area contributed by atoms with Crippen molar-refractivity contribution in [1.29, 1.82) is 0 Å². The van der Waals surface area contributed by atoms with Crippen LogP contribution in [0.15, 0.2) is 47.4 Å². The minimum atomic E-state index is 0.682. The monoisotopic (exact) mass is 273 g/mol. The van der Waals surface area contributed by atoms with Crippen molar-refractivity contribution < 1.29 is 4.74 Å². The smallest absolute Gasteiger partial charge is 0.121 e. The minimum absolute atomic E-state index is 0.682. The topological polar surface area (TPSA) is 35.2 Å². The predicted octanol–water partition coefficient (Wildman–Crippen LogP) is 4.06. The molecule has 0 fully saturated rings. The number of benzene rings is 2. The van der Waals surface area contributed by atoms with E-state index in [1.807, 2.05) is 36.0 Å². The number of ether oxygens (including phenoxy) is 1. The molecule has 0 aliphatic rings. The summed E-state index contributed by atoms with van der Waals surface area (Å²) in [7, 11) is 0. The summed E-state index contributed by atoms with van der Waals surface area (Å²) in [6.07, 6.45) is 0. The van der Waals surface area contributed by atoms with E-state index in [1.54, 1.807) is 0 Å². The van der Waals surface area contributed by atoms with Gasteiger partial charge >= 0.3 is 0 Å². The van der Waals surface area contributed by atoms with Gasteiger partial charge in [-0.3, -0.25) is 0 Å². The summed E-state index contributed by atoms with van der Waals surface area (Å²) in [6, 6.07) is 14.1. The SMILES string of the molecule is Cc1ccc(SCCOc2cccc(N)c2)c(C)c1. The molecule has 0 aliphatic heterocycles. The van der Waals surface area contributed by atoms with Crippen LogP contribution in [0.5, 0.6) is 5.75 Å². The molecule has 0 bridgehead atoms. The van der Waals surface area contributed by atoms with Crippen LogP contribution in [0.2, 0.25) is 0 Å². The summed E-state index contributed by atoms with van der Waals surface area (Å²) < 4.78 is 5.67. The number of hydrogen-bond donors (Lipinski definition) is 1. The van der Waals surface area contributed by atoms with Gasteiger partial charge in [-0.25, -0.2) is 0 Å². The molecule has 0 saturated carbocycles. The van der Waals surface area contributed by atoms with Crippen LogP contribution in [0.25, 0.3) is 0 Å². The van der Waals surface area contributed by atoms with Crippen LogP contribution < -0.4 is 10.5 Å². The van der Waals surface area contributed by atoms with Gasteiger partial charge in [0.1, 0.15) is 5.75 Å². The molecule has 0 heterocycles. The molecule has 3 heteroatoms. The van der Waals surface area contributed by atoms with Gasteiger partial charge in [-0.05, 0) is 37.6 Å². The zero-order valence-electron chi connectivity index (χ0n) is 11.3. The second-order valence-corrected chi connectivity index (χ2v) is 5.68. The largest absolute Gasteiger partial charge is 0.493 e. The molecule has 2 aromatic carbocycles. The van der Waals surface area contributed by atoms with Crippen molar-refractivity contribution >= 4 is 17.4 Å². The molecule has 2 rings (SSSR count). The molecule has 0 radical (unpaired) electrons. The Labute approximate surface area is 119 Å². The molecule has 0 atom stereocenters. The molecule has 0 spiro atoms. The molecule has 0 amide bonds. The van der Waals surface area contributed by atoms with Crippen LogP contribution in [0.1, 0.15) is 11.1 Å². The number of rotatable bonds is 5. The first-order valence-corrected chi connectivity index (χ1v) is 7.32. The number of aryl methyl sites for hydroxylation is 2. The van der Waals surface area contributed by atoms with Gasteiger partial charge in [0.2, 0.25) is 0 Å². The lowest BCUT2D eigenvalue weighted by atomic mass is 10.2. The maximum absolute atomic E-state index is 5.70. The lowest BCUT2D eigenvalue weighted by molar-refractivity contribution is 0.344. The van der Waals surface area contributed by atoms with Gasteiger partial charge in [-0.2, -0.15) is 0 Å². The zero-order valence-corrected chi connectivity index (χ0v) is 12.2. The molecular weight excluding hydrogens is 254 g/mol. The Balaban J connectivity index is 1.81. The highest BCUT2D eigenvalue weighted by atomic mass is 32.2. The van der Waals surface area contributed by atoms with Crippen molar-refractivity contribution in [2.75, 3.05) is 18.1 Å². The van der Waals surface area contributed by atoms with E-state index < -0.39 is 0 Å². The highest BCUT2D eigenvalue weighted by Crippen LogP contribution is 2.23. The zero-order chi connectivity index (χ0) is 13.7. The standard InChI is InChI=1S/C16H19NOS/c1-12-6-7-16(13(2)10-12)19-9-8-18-15-5-3-4-14(17)11-15/h3-7,10-11H,8-9,17H2,1-2H3.